The number of aliphatic imine (C=N–C) groups is 1. The first-order valence-corrected chi connectivity index (χ1v) is 9.24. The van der Waals surface area contributed by atoms with Crippen LogP contribution in [0.15, 0.2) is 4.99 Å². The second-order valence-electron chi connectivity index (χ2n) is 7.36. The van der Waals surface area contributed by atoms with Gasteiger partial charge >= 0.3 is 0 Å². The fourth-order valence-corrected chi connectivity index (χ4v) is 3.10. The number of hydrogen-bond donors (Lipinski definition) is 2. The van der Waals surface area contributed by atoms with Crippen molar-refractivity contribution in [3.63, 3.8) is 0 Å². The Balaban J connectivity index is 2.37. The topological polar surface area (TPSA) is 39.7 Å². The molecule has 0 aromatic rings. The van der Waals surface area contributed by atoms with Crippen LogP contribution < -0.4 is 10.6 Å². The first-order valence-electron chi connectivity index (χ1n) is 9.24. The van der Waals surface area contributed by atoms with Gasteiger partial charge in [-0.15, -0.1) is 0 Å². The summed E-state index contributed by atoms with van der Waals surface area (Å²) in [6, 6.07) is 0.491. The molecule has 2 N–H and O–H groups in total. The van der Waals surface area contributed by atoms with Crippen molar-refractivity contribution >= 4 is 5.96 Å². The molecule has 0 radical (unpaired) electrons. The Labute approximate surface area is 138 Å². The molecule has 1 saturated heterocycles. The predicted molar refractivity (Wildman–Crippen MR) is 97.5 cm³/mol. The molecule has 1 heterocycles. The number of nitrogens with zero attached hydrogens (tertiary/aromatic N) is 2. The lowest BCUT2D eigenvalue weighted by atomic mass is 9.99. The Morgan fingerprint density at radius 2 is 2.05 bits per heavy atom. The molecule has 0 bridgehead atoms. The fourth-order valence-electron chi connectivity index (χ4n) is 3.10. The molecule has 1 aliphatic heterocycles. The van der Waals surface area contributed by atoms with Gasteiger partial charge in [0.15, 0.2) is 5.96 Å². The molecular weight excluding hydrogens is 272 g/mol. The second-order valence-corrected chi connectivity index (χ2v) is 7.36. The summed E-state index contributed by atoms with van der Waals surface area (Å²) in [5, 5.41) is 6.96. The van der Waals surface area contributed by atoms with Crippen LogP contribution in [0.25, 0.3) is 0 Å². The number of likely N-dealkylation sites (tertiary alicyclic amines) is 1. The van der Waals surface area contributed by atoms with Crippen molar-refractivity contribution < 1.29 is 0 Å². The largest absolute Gasteiger partial charge is 0.357 e. The Hall–Kier alpha value is -0.770. The van der Waals surface area contributed by atoms with Crippen molar-refractivity contribution in [2.24, 2.45) is 16.8 Å². The van der Waals surface area contributed by atoms with Gasteiger partial charge < -0.3 is 15.5 Å². The van der Waals surface area contributed by atoms with Gasteiger partial charge in [-0.05, 0) is 58.5 Å². The number of guanidine groups is 1. The average molecular weight is 311 g/mol. The SMILES string of the molecule is CCNC(=NCC1CCCN(C)C1)NC(C)CCCC(C)C. The molecule has 0 aromatic carbocycles. The maximum atomic E-state index is 4.82. The zero-order valence-electron chi connectivity index (χ0n) is 15.5. The first kappa shape index (κ1) is 19.3. The lowest BCUT2D eigenvalue weighted by Crippen LogP contribution is -2.43. The van der Waals surface area contributed by atoms with E-state index in [0.29, 0.717) is 12.0 Å². The smallest absolute Gasteiger partial charge is 0.191 e. The van der Waals surface area contributed by atoms with Gasteiger partial charge in [0.1, 0.15) is 0 Å². The number of hydrogen-bond acceptors (Lipinski definition) is 2. The number of piperidine rings is 1. The van der Waals surface area contributed by atoms with Crippen molar-refractivity contribution in [2.45, 2.75) is 65.8 Å². The summed E-state index contributed by atoms with van der Waals surface area (Å²) in [5.41, 5.74) is 0. The van der Waals surface area contributed by atoms with E-state index in [4.69, 9.17) is 4.99 Å². The lowest BCUT2D eigenvalue weighted by molar-refractivity contribution is 0.214. The van der Waals surface area contributed by atoms with Gasteiger partial charge in [0.25, 0.3) is 0 Å². The molecule has 0 aromatic heterocycles. The van der Waals surface area contributed by atoms with Crippen LogP contribution >= 0.6 is 0 Å². The molecule has 2 atom stereocenters. The van der Waals surface area contributed by atoms with Crippen LogP contribution in [-0.4, -0.2) is 50.1 Å². The van der Waals surface area contributed by atoms with Crippen LogP contribution in [0.3, 0.4) is 0 Å². The molecule has 1 fully saturated rings. The predicted octanol–water partition coefficient (Wildman–Crippen LogP) is 3.10. The van der Waals surface area contributed by atoms with Gasteiger partial charge in [0.05, 0.1) is 0 Å². The van der Waals surface area contributed by atoms with E-state index in [1.54, 1.807) is 0 Å². The number of rotatable bonds is 8. The van der Waals surface area contributed by atoms with Crippen LogP contribution in [0.2, 0.25) is 0 Å². The van der Waals surface area contributed by atoms with E-state index < -0.39 is 0 Å². The minimum absolute atomic E-state index is 0.491. The van der Waals surface area contributed by atoms with Crippen molar-refractivity contribution in [1.29, 1.82) is 0 Å². The molecule has 4 heteroatoms. The summed E-state index contributed by atoms with van der Waals surface area (Å²) in [5.74, 6) is 2.51. The Kier molecular flexibility index (Phi) is 9.53. The molecule has 22 heavy (non-hydrogen) atoms. The highest BCUT2D eigenvalue weighted by molar-refractivity contribution is 5.80. The van der Waals surface area contributed by atoms with Gasteiger partial charge in [-0.1, -0.05) is 26.7 Å². The van der Waals surface area contributed by atoms with Crippen molar-refractivity contribution in [1.82, 2.24) is 15.5 Å². The highest BCUT2D eigenvalue weighted by atomic mass is 15.2. The van der Waals surface area contributed by atoms with E-state index in [1.807, 2.05) is 0 Å². The third-order valence-corrected chi connectivity index (χ3v) is 4.38. The zero-order valence-corrected chi connectivity index (χ0v) is 15.5. The molecule has 4 nitrogen and oxygen atoms in total. The Bertz CT molecular complexity index is 314. The zero-order chi connectivity index (χ0) is 16.4. The van der Waals surface area contributed by atoms with Crippen molar-refractivity contribution in [2.75, 3.05) is 33.2 Å². The van der Waals surface area contributed by atoms with Gasteiger partial charge in [-0.25, -0.2) is 0 Å². The Morgan fingerprint density at radius 1 is 1.27 bits per heavy atom. The summed E-state index contributed by atoms with van der Waals surface area (Å²) < 4.78 is 0. The van der Waals surface area contributed by atoms with Gasteiger partial charge in [0, 0.05) is 25.7 Å². The molecular formula is C18H38N4. The van der Waals surface area contributed by atoms with Crippen molar-refractivity contribution in [3.8, 4) is 0 Å². The van der Waals surface area contributed by atoms with E-state index in [9.17, 15) is 0 Å². The Morgan fingerprint density at radius 3 is 2.68 bits per heavy atom. The summed E-state index contributed by atoms with van der Waals surface area (Å²) >= 11 is 0. The molecule has 0 amide bonds. The van der Waals surface area contributed by atoms with E-state index in [2.05, 4.69) is 50.3 Å². The van der Waals surface area contributed by atoms with Gasteiger partial charge in [-0.3, -0.25) is 4.99 Å². The summed E-state index contributed by atoms with van der Waals surface area (Å²) in [7, 11) is 2.22. The minimum atomic E-state index is 0.491. The normalized spacial score (nSPS) is 21.9. The van der Waals surface area contributed by atoms with Gasteiger partial charge in [0.2, 0.25) is 0 Å². The molecule has 0 spiro atoms. The van der Waals surface area contributed by atoms with Gasteiger partial charge in [-0.2, -0.15) is 0 Å². The summed E-state index contributed by atoms with van der Waals surface area (Å²) in [4.78, 5) is 7.25. The van der Waals surface area contributed by atoms with E-state index in [-0.39, 0.29) is 0 Å². The number of nitrogens with one attached hydrogen (secondary N) is 2. The highest BCUT2D eigenvalue weighted by Crippen LogP contribution is 2.15. The lowest BCUT2D eigenvalue weighted by Gasteiger charge is -2.29. The van der Waals surface area contributed by atoms with Crippen LogP contribution in [0.5, 0.6) is 0 Å². The van der Waals surface area contributed by atoms with Crippen LogP contribution in [0, 0.1) is 11.8 Å². The third kappa shape index (κ3) is 8.62. The quantitative estimate of drug-likeness (QED) is 0.534. The van der Waals surface area contributed by atoms with Crippen molar-refractivity contribution in [3.05, 3.63) is 0 Å². The molecule has 2 unspecified atom stereocenters. The van der Waals surface area contributed by atoms with E-state index in [1.165, 1.54) is 45.2 Å². The maximum absolute atomic E-state index is 4.82. The molecule has 1 aliphatic rings. The summed E-state index contributed by atoms with van der Waals surface area (Å²) in [6.45, 7) is 13.3. The molecule has 1 rings (SSSR count). The fraction of sp³-hybridized carbons (Fsp3) is 0.944. The average Bonchev–Trinajstić information content (AvgIpc) is 2.44. The van der Waals surface area contributed by atoms with Crippen LogP contribution in [0.1, 0.15) is 59.8 Å². The molecule has 0 saturated carbocycles. The summed E-state index contributed by atoms with van der Waals surface area (Å²) in [6.07, 6.45) is 6.45. The first-order chi connectivity index (χ1) is 10.5. The minimum Gasteiger partial charge on any atom is -0.357 e. The molecule has 130 valence electrons. The van der Waals surface area contributed by atoms with E-state index in [0.717, 1.165) is 25.0 Å². The highest BCUT2D eigenvalue weighted by Gasteiger charge is 2.17. The van der Waals surface area contributed by atoms with Crippen LogP contribution in [0.4, 0.5) is 0 Å². The van der Waals surface area contributed by atoms with E-state index >= 15 is 0 Å². The monoisotopic (exact) mass is 310 g/mol. The molecule has 0 aliphatic carbocycles. The standard InChI is InChI=1S/C18H38N4/c1-6-19-18(21-16(4)10-7-9-15(2)3)20-13-17-11-8-12-22(5)14-17/h15-17H,6-14H2,1-5H3,(H2,19,20,21). The third-order valence-electron chi connectivity index (χ3n) is 4.38. The van der Waals surface area contributed by atoms with Crippen LogP contribution in [-0.2, 0) is 0 Å². The second kappa shape index (κ2) is 10.9. The maximum Gasteiger partial charge on any atom is 0.191 e.